The van der Waals surface area contributed by atoms with Crippen LogP contribution < -0.4 is 4.74 Å². The fourth-order valence-electron chi connectivity index (χ4n) is 1.40. The van der Waals surface area contributed by atoms with E-state index in [9.17, 15) is 0 Å². The molecule has 0 saturated carbocycles. The second kappa shape index (κ2) is 4.71. The Morgan fingerprint density at radius 2 is 2.24 bits per heavy atom. The van der Waals surface area contributed by atoms with Gasteiger partial charge in [-0.15, -0.1) is 0 Å². The molecule has 0 N–H and O–H groups in total. The molecule has 0 fully saturated rings. The smallest absolute Gasteiger partial charge is 0.232 e. The molecule has 0 bridgehead atoms. The molecule has 2 rings (SSSR count). The molecular formula is C13H12N2O2. The Bertz CT molecular complexity index is 548. The number of benzene rings is 1. The molecule has 0 aliphatic rings. The predicted molar refractivity (Wildman–Crippen MR) is 61.5 cm³/mol. The van der Waals surface area contributed by atoms with Crippen LogP contribution in [-0.2, 0) is 6.61 Å². The van der Waals surface area contributed by atoms with Gasteiger partial charge in [-0.1, -0.05) is 6.07 Å². The van der Waals surface area contributed by atoms with E-state index in [1.165, 1.54) is 0 Å². The van der Waals surface area contributed by atoms with Crippen molar-refractivity contribution in [3.8, 4) is 11.8 Å². The summed E-state index contributed by atoms with van der Waals surface area (Å²) in [6.07, 6.45) is 0. The summed E-state index contributed by atoms with van der Waals surface area (Å²) in [6.45, 7) is 4.02. The van der Waals surface area contributed by atoms with E-state index >= 15 is 0 Å². The quantitative estimate of drug-likeness (QED) is 0.810. The van der Waals surface area contributed by atoms with Crippen molar-refractivity contribution in [3.05, 3.63) is 47.2 Å². The number of aryl methyl sites for hydroxylation is 2. The van der Waals surface area contributed by atoms with E-state index in [0.717, 1.165) is 11.5 Å². The minimum Gasteiger partial charge on any atom is -0.484 e. The second-order valence-electron chi connectivity index (χ2n) is 3.68. The van der Waals surface area contributed by atoms with Crippen LogP contribution in [0.3, 0.4) is 0 Å². The van der Waals surface area contributed by atoms with Gasteiger partial charge in [0, 0.05) is 0 Å². The maximum Gasteiger partial charge on any atom is 0.232 e. The number of nitriles is 1. The monoisotopic (exact) mass is 228 g/mol. The first-order valence-corrected chi connectivity index (χ1v) is 5.25. The third kappa shape index (κ3) is 2.64. The van der Waals surface area contributed by atoms with Crippen LogP contribution in [0.15, 0.2) is 28.7 Å². The summed E-state index contributed by atoms with van der Waals surface area (Å²) in [4.78, 5) is 4.21. The average molecular weight is 228 g/mol. The van der Waals surface area contributed by atoms with Crippen LogP contribution in [0.25, 0.3) is 0 Å². The lowest BCUT2D eigenvalue weighted by atomic mass is 10.2. The normalized spacial score (nSPS) is 9.94. The zero-order valence-corrected chi connectivity index (χ0v) is 9.73. The molecule has 1 heterocycles. The number of hydrogen-bond donors (Lipinski definition) is 0. The van der Waals surface area contributed by atoms with Gasteiger partial charge in [0.15, 0.2) is 6.61 Å². The van der Waals surface area contributed by atoms with Crippen LogP contribution in [-0.4, -0.2) is 4.98 Å². The van der Waals surface area contributed by atoms with Crippen molar-refractivity contribution in [2.24, 2.45) is 0 Å². The van der Waals surface area contributed by atoms with Gasteiger partial charge in [0.25, 0.3) is 0 Å². The van der Waals surface area contributed by atoms with E-state index in [4.69, 9.17) is 14.4 Å². The van der Waals surface area contributed by atoms with E-state index in [0.29, 0.717) is 17.2 Å². The highest BCUT2D eigenvalue weighted by molar-refractivity contribution is 5.36. The van der Waals surface area contributed by atoms with Crippen molar-refractivity contribution in [3.63, 3.8) is 0 Å². The Morgan fingerprint density at radius 1 is 1.41 bits per heavy atom. The molecule has 4 nitrogen and oxygen atoms in total. The average Bonchev–Trinajstić information content (AvgIpc) is 2.67. The minimum atomic E-state index is 0.267. The van der Waals surface area contributed by atoms with Crippen LogP contribution >= 0.6 is 0 Å². The SMILES string of the molecule is Cc1nc(COc2cccc(C#N)c2)oc1C. The standard InChI is InChI=1S/C13H12N2O2/c1-9-10(2)17-13(15-9)8-16-12-5-3-4-11(6-12)7-14/h3-6H,8H2,1-2H3. The van der Waals surface area contributed by atoms with E-state index < -0.39 is 0 Å². The molecule has 0 aliphatic carbocycles. The molecule has 0 amide bonds. The van der Waals surface area contributed by atoms with Gasteiger partial charge in [0.1, 0.15) is 11.5 Å². The van der Waals surface area contributed by atoms with Gasteiger partial charge in [-0.2, -0.15) is 5.26 Å². The lowest BCUT2D eigenvalue weighted by Gasteiger charge is -2.02. The molecule has 1 aromatic heterocycles. The first-order valence-electron chi connectivity index (χ1n) is 5.25. The number of hydrogen-bond acceptors (Lipinski definition) is 4. The third-order valence-electron chi connectivity index (χ3n) is 2.40. The first kappa shape index (κ1) is 11.2. The van der Waals surface area contributed by atoms with Gasteiger partial charge in [0.2, 0.25) is 5.89 Å². The van der Waals surface area contributed by atoms with Crippen LogP contribution in [0.1, 0.15) is 22.9 Å². The number of aromatic nitrogens is 1. The van der Waals surface area contributed by atoms with Crippen molar-refractivity contribution in [2.45, 2.75) is 20.5 Å². The van der Waals surface area contributed by atoms with Crippen LogP contribution in [0.4, 0.5) is 0 Å². The lowest BCUT2D eigenvalue weighted by Crippen LogP contribution is -1.95. The fourth-order valence-corrected chi connectivity index (χ4v) is 1.40. The first-order chi connectivity index (χ1) is 8.19. The Hall–Kier alpha value is -2.28. The summed E-state index contributed by atoms with van der Waals surface area (Å²) in [6, 6.07) is 9.04. The van der Waals surface area contributed by atoms with E-state index in [-0.39, 0.29) is 6.61 Å². The Balaban J connectivity index is 2.05. The predicted octanol–water partition coefficient (Wildman–Crippen LogP) is 2.74. The van der Waals surface area contributed by atoms with Crippen molar-refractivity contribution < 1.29 is 9.15 Å². The maximum atomic E-state index is 8.75. The molecule has 17 heavy (non-hydrogen) atoms. The Labute approximate surface area is 99.5 Å². The summed E-state index contributed by atoms with van der Waals surface area (Å²) >= 11 is 0. The zero-order chi connectivity index (χ0) is 12.3. The highest BCUT2D eigenvalue weighted by Crippen LogP contribution is 2.15. The summed E-state index contributed by atoms with van der Waals surface area (Å²) in [5.74, 6) is 1.98. The molecule has 1 aromatic carbocycles. The van der Waals surface area contributed by atoms with Gasteiger partial charge in [0.05, 0.1) is 17.3 Å². The van der Waals surface area contributed by atoms with Gasteiger partial charge in [-0.25, -0.2) is 4.98 Å². The largest absolute Gasteiger partial charge is 0.484 e. The molecule has 0 unspecified atom stereocenters. The number of ether oxygens (including phenoxy) is 1. The third-order valence-corrected chi connectivity index (χ3v) is 2.40. The van der Waals surface area contributed by atoms with Crippen molar-refractivity contribution >= 4 is 0 Å². The molecule has 0 saturated heterocycles. The molecule has 0 radical (unpaired) electrons. The van der Waals surface area contributed by atoms with E-state index in [1.54, 1.807) is 24.3 Å². The number of rotatable bonds is 3. The van der Waals surface area contributed by atoms with Crippen molar-refractivity contribution in [1.29, 1.82) is 5.26 Å². The summed E-state index contributed by atoms with van der Waals surface area (Å²) in [7, 11) is 0. The van der Waals surface area contributed by atoms with Crippen LogP contribution in [0, 0.1) is 25.2 Å². The topological polar surface area (TPSA) is 59.0 Å². The van der Waals surface area contributed by atoms with E-state index in [2.05, 4.69) is 11.1 Å². The Morgan fingerprint density at radius 3 is 2.88 bits per heavy atom. The van der Waals surface area contributed by atoms with Gasteiger partial charge in [-0.05, 0) is 32.0 Å². The fraction of sp³-hybridized carbons (Fsp3) is 0.231. The highest BCUT2D eigenvalue weighted by Gasteiger charge is 2.06. The minimum absolute atomic E-state index is 0.267. The molecule has 0 spiro atoms. The molecule has 0 atom stereocenters. The van der Waals surface area contributed by atoms with Crippen molar-refractivity contribution in [2.75, 3.05) is 0 Å². The zero-order valence-electron chi connectivity index (χ0n) is 9.73. The highest BCUT2D eigenvalue weighted by atomic mass is 16.5. The summed E-state index contributed by atoms with van der Waals surface area (Å²) in [5, 5.41) is 8.75. The number of oxazole rings is 1. The maximum absolute atomic E-state index is 8.75. The van der Waals surface area contributed by atoms with Crippen LogP contribution in [0.2, 0.25) is 0 Å². The molecule has 4 heteroatoms. The van der Waals surface area contributed by atoms with Crippen LogP contribution in [0.5, 0.6) is 5.75 Å². The van der Waals surface area contributed by atoms with E-state index in [1.807, 2.05) is 13.8 Å². The Kier molecular flexibility index (Phi) is 3.10. The summed E-state index contributed by atoms with van der Waals surface area (Å²) in [5.41, 5.74) is 1.44. The van der Waals surface area contributed by atoms with Gasteiger partial charge >= 0.3 is 0 Å². The van der Waals surface area contributed by atoms with Gasteiger partial charge in [-0.3, -0.25) is 0 Å². The second-order valence-corrected chi connectivity index (χ2v) is 3.68. The number of nitrogens with zero attached hydrogens (tertiary/aromatic N) is 2. The lowest BCUT2D eigenvalue weighted by molar-refractivity contribution is 0.260. The summed E-state index contributed by atoms with van der Waals surface area (Å²) < 4.78 is 10.9. The molecule has 0 aliphatic heterocycles. The molecule has 86 valence electrons. The molecule has 2 aromatic rings. The van der Waals surface area contributed by atoms with Crippen molar-refractivity contribution in [1.82, 2.24) is 4.98 Å². The molecular weight excluding hydrogens is 216 g/mol. The van der Waals surface area contributed by atoms with Gasteiger partial charge < -0.3 is 9.15 Å².